The molecule has 2 N–H and O–H groups in total. The molecule has 7 heteroatoms. The number of rotatable bonds is 3. The van der Waals surface area contributed by atoms with Gasteiger partial charge in [-0.15, -0.1) is 0 Å². The highest BCUT2D eigenvalue weighted by molar-refractivity contribution is 6.35. The summed E-state index contributed by atoms with van der Waals surface area (Å²) in [4.78, 5) is 26.2. The van der Waals surface area contributed by atoms with Gasteiger partial charge >= 0.3 is 0 Å². The fraction of sp³-hybridized carbons (Fsp3) is 0.217. The Kier molecular flexibility index (Phi) is 5.67. The summed E-state index contributed by atoms with van der Waals surface area (Å²) in [5.74, 6) is -1.52. The molecule has 4 rings (SSSR count). The zero-order chi connectivity index (χ0) is 21.4. The fourth-order valence-electron chi connectivity index (χ4n) is 4.10. The maximum atomic E-state index is 13.6. The van der Waals surface area contributed by atoms with Crippen molar-refractivity contribution in [2.45, 2.75) is 32.1 Å². The molecule has 1 unspecified atom stereocenters. The Balaban J connectivity index is 1.82. The Morgan fingerprint density at radius 1 is 1.17 bits per heavy atom. The number of benzene rings is 2. The molecule has 1 heterocycles. The molecule has 154 valence electrons. The summed E-state index contributed by atoms with van der Waals surface area (Å²) in [5, 5.41) is 6.83. The molecule has 1 aliphatic carbocycles. The summed E-state index contributed by atoms with van der Waals surface area (Å²) < 4.78 is 13.6. The van der Waals surface area contributed by atoms with Gasteiger partial charge in [-0.1, -0.05) is 35.3 Å². The van der Waals surface area contributed by atoms with E-state index in [0.29, 0.717) is 44.6 Å². The van der Waals surface area contributed by atoms with Crippen molar-refractivity contribution in [2.75, 3.05) is 5.32 Å². The van der Waals surface area contributed by atoms with E-state index in [1.54, 1.807) is 31.2 Å². The summed E-state index contributed by atoms with van der Waals surface area (Å²) in [6, 6.07) is 10.7. The molecule has 0 fully saturated rings. The van der Waals surface area contributed by atoms with Crippen molar-refractivity contribution in [3.8, 4) is 0 Å². The minimum Gasteiger partial charge on any atom is -0.362 e. The second-order valence-electron chi connectivity index (χ2n) is 7.40. The van der Waals surface area contributed by atoms with Crippen molar-refractivity contribution in [3.63, 3.8) is 0 Å². The maximum Gasteiger partial charge on any atom is 0.254 e. The van der Waals surface area contributed by atoms with Gasteiger partial charge in [-0.3, -0.25) is 9.59 Å². The average Bonchev–Trinajstić information content (AvgIpc) is 2.67. The van der Waals surface area contributed by atoms with Crippen molar-refractivity contribution in [2.24, 2.45) is 0 Å². The number of nitrogens with one attached hydrogen (secondary N) is 2. The molecule has 4 nitrogen and oxygen atoms in total. The number of Topliss-reactive ketones (excluding diaryl/α,β-unsaturated/α-hetero) is 1. The molecule has 30 heavy (non-hydrogen) atoms. The lowest BCUT2D eigenvalue weighted by Crippen LogP contribution is -2.35. The predicted molar refractivity (Wildman–Crippen MR) is 116 cm³/mol. The molecule has 0 spiro atoms. The molecule has 0 aromatic heterocycles. The van der Waals surface area contributed by atoms with E-state index in [2.05, 4.69) is 10.6 Å². The van der Waals surface area contributed by atoms with Gasteiger partial charge in [0.15, 0.2) is 5.78 Å². The van der Waals surface area contributed by atoms with Crippen LogP contribution in [0.2, 0.25) is 10.0 Å². The van der Waals surface area contributed by atoms with E-state index < -0.39 is 17.6 Å². The van der Waals surface area contributed by atoms with Crippen LogP contribution in [0.3, 0.4) is 0 Å². The molecule has 0 radical (unpaired) electrons. The number of carbonyl (C=O) groups excluding carboxylic acids is 2. The molecular formula is C23H19Cl2FN2O2. The van der Waals surface area contributed by atoms with E-state index >= 15 is 0 Å². The van der Waals surface area contributed by atoms with Crippen molar-refractivity contribution < 1.29 is 14.0 Å². The zero-order valence-corrected chi connectivity index (χ0v) is 17.7. The van der Waals surface area contributed by atoms with Crippen LogP contribution in [0.15, 0.2) is 65.0 Å². The van der Waals surface area contributed by atoms with Gasteiger partial charge in [-0.25, -0.2) is 4.39 Å². The summed E-state index contributed by atoms with van der Waals surface area (Å²) in [6.45, 7) is 1.79. The quantitative estimate of drug-likeness (QED) is 0.634. The number of allylic oxidation sites excluding steroid dienone is 3. The van der Waals surface area contributed by atoms with Crippen molar-refractivity contribution in [1.29, 1.82) is 0 Å². The van der Waals surface area contributed by atoms with Crippen molar-refractivity contribution >= 4 is 40.6 Å². The first-order chi connectivity index (χ1) is 14.3. The van der Waals surface area contributed by atoms with Gasteiger partial charge in [0.1, 0.15) is 5.82 Å². The molecular weight excluding hydrogens is 426 g/mol. The van der Waals surface area contributed by atoms with Crippen LogP contribution in [0.5, 0.6) is 0 Å². The molecule has 2 aliphatic rings. The van der Waals surface area contributed by atoms with Crippen LogP contribution in [0, 0.1) is 5.82 Å². The predicted octanol–water partition coefficient (Wildman–Crippen LogP) is 5.74. The van der Waals surface area contributed by atoms with Gasteiger partial charge in [0.05, 0.1) is 0 Å². The van der Waals surface area contributed by atoms with E-state index in [1.807, 2.05) is 0 Å². The molecule has 0 bridgehead atoms. The Morgan fingerprint density at radius 2 is 1.97 bits per heavy atom. The Labute approximate surface area is 183 Å². The van der Waals surface area contributed by atoms with E-state index in [1.165, 1.54) is 18.2 Å². The number of dihydropyridines is 1. The molecule has 1 amide bonds. The Hall–Kier alpha value is -2.63. The molecule has 2 aromatic carbocycles. The Morgan fingerprint density at radius 3 is 2.70 bits per heavy atom. The number of carbonyl (C=O) groups is 2. The topological polar surface area (TPSA) is 58.2 Å². The molecule has 0 saturated carbocycles. The smallest absolute Gasteiger partial charge is 0.254 e. The third-order valence-corrected chi connectivity index (χ3v) is 5.94. The monoisotopic (exact) mass is 444 g/mol. The van der Waals surface area contributed by atoms with E-state index in [-0.39, 0.29) is 5.78 Å². The van der Waals surface area contributed by atoms with Crippen LogP contribution in [0.4, 0.5) is 10.1 Å². The number of amides is 1. The first kappa shape index (κ1) is 20.6. The third kappa shape index (κ3) is 3.87. The standard InChI is InChI=1S/C23H19Cl2FN2O2/c1-12-20(23(30)28-15-5-2-4-14(26)11-15)21(16-9-8-13(24)10-17(16)25)22-18(27-12)6-3-7-19(22)29/h2,4-5,8-11,21,27H,3,6-7H2,1H3,(H,28,30). The van der Waals surface area contributed by atoms with Crippen LogP contribution < -0.4 is 10.6 Å². The molecule has 1 aliphatic heterocycles. The van der Waals surface area contributed by atoms with E-state index in [9.17, 15) is 14.0 Å². The normalized spacial score (nSPS) is 18.8. The van der Waals surface area contributed by atoms with Gasteiger partial charge in [0, 0.05) is 50.6 Å². The molecule has 0 saturated heterocycles. The fourth-order valence-corrected chi connectivity index (χ4v) is 4.61. The van der Waals surface area contributed by atoms with Crippen molar-refractivity contribution in [1.82, 2.24) is 5.32 Å². The number of halogens is 3. The lowest BCUT2D eigenvalue weighted by molar-refractivity contribution is -0.116. The van der Waals surface area contributed by atoms with Crippen LogP contribution in [0.25, 0.3) is 0 Å². The van der Waals surface area contributed by atoms with Gasteiger partial charge in [0.2, 0.25) is 0 Å². The SMILES string of the molecule is CC1=C(C(=O)Nc2cccc(F)c2)C(c2ccc(Cl)cc2Cl)C2=C(CCCC2=O)N1. The number of hydrogen-bond donors (Lipinski definition) is 2. The summed E-state index contributed by atoms with van der Waals surface area (Å²) in [7, 11) is 0. The zero-order valence-electron chi connectivity index (χ0n) is 16.2. The second-order valence-corrected chi connectivity index (χ2v) is 8.24. The van der Waals surface area contributed by atoms with Gasteiger partial charge in [-0.2, -0.15) is 0 Å². The first-order valence-corrected chi connectivity index (χ1v) is 10.4. The molecule has 1 atom stereocenters. The van der Waals surface area contributed by atoms with Crippen LogP contribution in [-0.2, 0) is 9.59 Å². The third-order valence-electron chi connectivity index (χ3n) is 5.38. The first-order valence-electron chi connectivity index (χ1n) is 9.61. The summed E-state index contributed by atoms with van der Waals surface area (Å²) in [5.41, 5.74) is 3.35. The lowest BCUT2D eigenvalue weighted by Gasteiger charge is -2.35. The number of ketones is 1. The average molecular weight is 445 g/mol. The second kappa shape index (κ2) is 8.25. The van der Waals surface area contributed by atoms with Gasteiger partial charge in [0.25, 0.3) is 5.91 Å². The van der Waals surface area contributed by atoms with Crippen molar-refractivity contribution in [3.05, 3.63) is 86.4 Å². The number of anilines is 1. The van der Waals surface area contributed by atoms with Crippen LogP contribution >= 0.6 is 23.2 Å². The highest BCUT2D eigenvalue weighted by atomic mass is 35.5. The van der Waals surface area contributed by atoms with E-state index in [4.69, 9.17) is 23.2 Å². The lowest BCUT2D eigenvalue weighted by atomic mass is 9.75. The highest BCUT2D eigenvalue weighted by Gasteiger charge is 2.39. The Bertz CT molecular complexity index is 1120. The minimum absolute atomic E-state index is 0.0108. The van der Waals surface area contributed by atoms with Gasteiger partial charge in [-0.05, 0) is 55.7 Å². The largest absolute Gasteiger partial charge is 0.362 e. The van der Waals surface area contributed by atoms with Crippen LogP contribution in [0.1, 0.15) is 37.7 Å². The van der Waals surface area contributed by atoms with E-state index in [0.717, 1.165) is 18.5 Å². The number of hydrogen-bond acceptors (Lipinski definition) is 3. The summed E-state index contributed by atoms with van der Waals surface area (Å²) in [6.07, 6.45) is 1.89. The van der Waals surface area contributed by atoms with Gasteiger partial charge < -0.3 is 10.6 Å². The minimum atomic E-state index is -0.632. The molecule has 2 aromatic rings. The maximum absolute atomic E-state index is 13.6. The summed E-state index contributed by atoms with van der Waals surface area (Å²) >= 11 is 12.6. The highest BCUT2D eigenvalue weighted by Crippen LogP contribution is 2.44. The van der Waals surface area contributed by atoms with Crippen LogP contribution in [-0.4, -0.2) is 11.7 Å².